The minimum Gasteiger partial charge on any atom is -0.461 e. The van der Waals surface area contributed by atoms with Crippen LogP contribution in [0.2, 0.25) is 0 Å². The number of H-pyrrole nitrogens is 1. The van der Waals surface area contributed by atoms with Gasteiger partial charge in [-0.15, -0.1) is 0 Å². The molecule has 0 aliphatic heterocycles. The zero-order valence-electron chi connectivity index (χ0n) is 15.0. The zero-order valence-corrected chi connectivity index (χ0v) is 15.0. The van der Waals surface area contributed by atoms with Crippen molar-refractivity contribution in [1.29, 1.82) is 0 Å². The van der Waals surface area contributed by atoms with E-state index in [4.69, 9.17) is 4.74 Å². The van der Waals surface area contributed by atoms with Gasteiger partial charge in [-0.05, 0) is 19.3 Å². The highest BCUT2D eigenvalue weighted by Gasteiger charge is 2.15. The Morgan fingerprint density at radius 3 is 2.33 bits per heavy atom. The molecule has 1 rings (SSSR count). The van der Waals surface area contributed by atoms with Gasteiger partial charge in [0.25, 0.3) is 0 Å². The van der Waals surface area contributed by atoms with Gasteiger partial charge in [0.05, 0.1) is 12.3 Å². The lowest BCUT2D eigenvalue weighted by molar-refractivity contribution is 0.0515. The van der Waals surface area contributed by atoms with E-state index in [1.54, 1.807) is 6.92 Å². The van der Waals surface area contributed by atoms with Gasteiger partial charge >= 0.3 is 5.97 Å². The van der Waals surface area contributed by atoms with Crippen molar-refractivity contribution in [2.75, 3.05) is 6.61 Å². The number of esters is 1. The summed E-state index contributed by atoms with van der Waals surface area (Å²) < 4.78 is 18.4. The molecule has 0 amide bonds. The number of rotatable bonds is 11. The fraction of sp³-hybridized carbons (Fsp3) is 0.650. The van der Waals surface area contributed by atoms with Crippen molar-refractivity contribution in [2.24, 2.45) is 0 Å². The standard InChI is InChI=1S/C20H30FNO2/c1-3-5-6-7-8-9-10-11-12-13-14-15-17-16-18(21)19(22-17)20(23)24-4-2/h16,22H,3-13H2,1-2H3. The smallest absolute Gasteiger partial charge is 0.357 e. The van der Waals surface area contributed by atoms with E-state index in [2.05, 4.69) is 23.7 Å². The molecule has 0 bridgehead atoms. The minimum absolute atomic E-state index is 0.149. The Hall–Kier alpha value is -1.76. The SMILES string of the molecule is CCCCCCCCCCCC#Cc1cc(F)c(C(=O)OCC)[nH]1. The van der Waals surface area contributed by atoms with Crippen LogP contribution in [0, 0.1) is 17.7 Å². The molecule has 0 aliphatic rings. The number of halogens is 1. The van der Waals surface area contributed by atoms with Crippen LogP contribution in [0.25, 0.3) is 0 Å². The molecule has 0 aliphatic carbocycles. The van der Waals surface area contributed by atoms with E-state index in [-0.39, 0.29) is 12.3 Å². The third-order valence-electron chi connectivity index (χ3n) is 3.88. The van der Waals surface area contributed by atoms with Crippen LogP contribution in [0.1, 0.15) is 94.2 Å². The lowest BCUT2D eigenvalue weighted by Gasteiger charge is -2.00. The first-order valence-corrected chi connectivity index (χ1v) is 9.23. The van der Waals surface area contributed by atoms with Crippen LogP contribution in [-0.2, 0) is 4.74 Å². The Morgan fingerprint density at radius 1 is 1.08 bits per heavy atom. The van der Waals surface area contributed by atoms with Gasteiger partial charge in [0, 0.05) is 12.5 Å². The van der Waals surface area contributed by atoms with E-state index < -0.39 is 11.8 Å². The van der Waals surface area contributed by atoms with Gasteiger partial charge in [0.1, 0.15) is 0 Å². The van der Waals surface area contributed by atoms with Crippen molar-refractivity contribution in [1.82, 2.24) is 4.98 Å². The van der Waals surface area contributed by atoms with Gasteiger partial charge < -0.3 is 9.72 Å². The van der Waals surface area contributed by atoms with Crippen LogP contribution in [-0.4, -0.2) is 17.6 Å². The summed E-state index contributed by atoms with van der Waals surface area (Å²) in [5.74, 6) is 4.62. The first-order chi connectivity index (χ1) is 11.7. The van der Waals surface area contributed by atoms with Gasteiger partial charge in [0.15, 0.2) is 11.5 Å². The van der Waals surface area contributed by atoms with Gasteiger partial charge in [-0.25, -0.2) is 9.18 Å². The largest absolute Gasteiger partial charge is 0.461 e. The summed E-state index contributed by atoms with van der Waals surface area (Å²) in [4.78, 5) is 14.2. The Morgan fingerprint density at radius 2 is 1.71 bits per heavy atom. The summed E-state index contributed by atoms with van der Waals surface area (Å²) in [6.45, 7) is 4.14. The van der Waals surface area contributed by atoms with Crippen LogP contribution in [0.15, 0.2) is 6.07 Å². The molecule has 0 saturated heterocycles. The second-order valence-electron chi connectivity index (χ2n) is 6.01. The maximum absolute atomic E-state index is 13.6. The van der Waals surface area contributed by atoms with Gasteiger partial charge in [-0.2, -0.15) is 0 Å². The zero-order chi connectivity index (χ0) is 17.6. The predicted molar refractivity (Wildman–Crippen MR) is 95.4 cm³/mol. The molecule has 24 heavy (non-hydrogen) atoms. The topological polar surface area (TPSA) is 42.1 Å². The number of unbranched alkanes of at least 4 members (excludes halogenated alkanes) is 9. The van der Waals surface area contributed by atoms with Gasteiger partial charge in [0.2, 0.25) is 0 Å². The van der Waals surface area contributed by atoms with Crippen molar-refractivity contribution in [3.05, 3.63) is 23.3 Å². The number of nitrogens with one attached hydrogen (secondary N) is 1. The Balaban J connectivity index is 2.18. The van der Waals surface area contributed by atoms with Crippen molar-refractivity contribution in [2.45, 2.75) is 78.1 Å². The van der Waals surface area contributed by atoms with E-state index in [0.29, 0.717) is 5.69 Å². The van der Waals surface area contributed by atoms with Gasteiger partial charge in [-0.3, -0.25) is 0 Å². The molecule has 1 heterocycles. The minimum atomic E-state index is -0.679. The fourth-order valence-corrected chi connectivity index (χ4v) is 2.53. The first-order valence-electron chi connectivity index (χ1n) is 9.23. The van der Waals surface area contributed by atoms with Crippen molar-refractivity contribution in [3.63, 3.8) is 0 Å². The van der Waals surface area contributed by atoms with E-state index in [1.807, 2.05) is 0 Å². The predicted octanol–water partition coefficient (Wildman–Crippen LogP) is 5.60. The third kappa shape index (κ3) is 8.19. The molecule has 0 radical (unpaired) electrons. The van der Waals surface area contributed by atoms with E-state index >= 15 is 0 Å². The fourth-order valence-electron chi connectivity index (χ4n) is 2.53. The maximum Gasteiger partial charge on any atom is 0.357 e. The third-order valence-corrected chi connectivity index (χ3v) is 3.88. The summed E-state index contributed by atoms with van der Waals surface area (Å²) in [6, 6.07) is 1.25. The molecule has 0 spiro atoms. The highest BCUT2D eigenvalue weighted by atomic mass is 19.1. The van der Waals surface area contributed by atoms with Crippen LogP contribution in [0.4, 0.5) is 4.39 Å². The van der Waals surface area contributed by atoms with Crippen LogP contribution in [0.3, 0.4) is 0 Å². The van der Waals surface area contributed by atoms with Gasteiger partial charge in [-0.1, -0.05) is 64.2 Å². The molecule has 1 aromatic rings. The number of aromatic amines is 1. The molecule has 1 N–H and O–H groups in total. The Kier molecular flexibility index (Phi) is 10.7. The van der Waals surface area contributed by atoms with Crippen molar-refractivity contribution < 1.29 is 13.9 Å². The molecule has 1 aromatic heterocycles. The molecule has 0 fully saturated rings. The normalized spacial score (nSPS) is 10.3. The van der Waals surface area contributed by atoms with E-state index in [9.17, 15) is 9.18 Å². The van der Waals surface area contributed by atoms with Crippen molar-refractivity contribution >= 4 is 5.97 Å². The molecule has 0 saturated carbocycles. The highest BCUT2D eigenvalue weighted by molar-refractivity contribution is 5.88. The summed E-state index contributed by atoms with van der Waals surface area (Å²) in [6.07, 6.45) is 12.3. The molecular weight excluding hydrogens is 305 g/mol. The number of carbonyl (C=O) groups excluding carboxylic acids is 1. The van der Waals surface area contributed by atoms with Crippen LogP contribution >= 0.6 is 0 Å². The number of hydrogen-bond acceptors (Lipinski definition) is 2. The van der Waals surface area contributed by atoms with E-state index in [1.165, 1.54) is 57.4 Å². The summed E-state index contributed by atoms with van der Waals surface area (Å²) in [5.41, 5.74) is 0.274. The Labute approximate surface area is 145 Å². The number of ether oxygens (including phenoxy) is 1. The first kappa shape index (κ1) is 20.3. The second-order valence-corrected chi connectivity index (χ2v) is 6.01. The second kappa shape index (κ2) is 12.6. The van der Waals surface area contributed by atoms with Crippen LogP contribution in [0.5, 0.6) is 0 Å². The van der Waals surface area contributed by atoms with Crippen molar-refractivity contribution in [3.8, 4) is 11.8 Å². The average Bonchev–Trinajstić information content (AvgIpc) is 2.94. The summed E-state index contributed by atoms with van der Waals surface area (Å²) in [5, 5.41) is 0. The molecule has 0 aromatic carbocycles. The molecule has 0 unspecified atom stereocenters. The summed E-state index contributed by atoms with van der Waals surface area (Å²) >= 11 is 0. The number of aromatic nitrogens is 1. The molecule has 134 valence electrons. The summed E-state index contributed by atoms with van der Waals surface area (Å²) in [7, 11) is 0. The number of carbonyl (C=O) groups is 1. The number of hydrogen-bond donors (Lipinski definition) is 1. The Bertz CT molecular complexity index is 540. The monoisotopic (exact) mass is 335 g/mol. The lowest BCUT2D eigenvalue weighted by Crippen LogP contribution is -2.06. The molecule has 4 heteroatoms. The molecule has 3 nitrogen and oxygen atoms in total. The lowest BCUT2D eigenvalue weighted by atomic mass is 10.1. The average molecular weight is 335 g/mol. The van der Waals surface area contributed by atoms with Crippen LogP contribution < -0.4 is 0 Å². The maximum atomic E-state index is 13.6. The molecular formula is C20H30FNO2. The molecule has 0 atom stereocenters. The highest BCUT2D eigenvalue weighted by Crippen LogP contribution is 2.11. The quantitative estimate of drug-likeness (QED) is 0.325. The van der Waals surface area contributed by atoms with E-state index in [0.717, 1.165) is 12.8 Å².